The van der Waals surface area contributed by atoms with Crippen molar-refractivity contribution in [1.82, 2.24) is 10.6 Å². The van der Waals surface area contributed by atoms with Crippen LogP contribution in [0.25, 0.3) is 0 Å². The molecule has 2 atom stereocenters. The molecule has 0 fully saturated rings. The van der Waals surface area contributed by atoms with Crippen LogP contribution in [0.1, 0.15) is 206 Å². The minimum absolute atomic E-state index is 0.0106. The number of allylic oxidation sites excluding steroid dienone is 2. The zero-order chi connectivity index (χ0) is 37.6. The summed E-state index contributed by atoms with van der Waals surface area (Å²) in [4.78, 5) is 47.5. The zero-order valence-electron chi connectivity index (χ0n) is 32.9. The van der Waals surface area contributed by atoms with Crippen LogP contribution in [0, 0.1) is 0 Å². The van der Waals surface area contributed by atoms with Crippen molar-refractivity contribution < 1.29 is 34.1 Å². The van der Waals surface area contributed by atoms with Gasteiger partial charge in [-0.3, -0.25) is 14.4 Å². The number of unbranched alkanes of at least 4 members (excludes halogenated alkanes) is 22. The van der Waals surface area contributed by atoms with Crippen LogP contribution in [0.3, 0.4) is 0 Å². The van der Waals surface area contributed by atoms with E-state index in [1.54, 1.807) is 0 Å². The van der Waals surface area contributed by atoms with Gasteiger partial charge in [0.05, 0.1) is 13.2 Å². The Kier molecular flexibility index (Phi) is 35.6. The van der Waals surface area contributed by atoms with Crippen molar-refractivity contribution >= 4 is 23.8 Å². The first-order chi connectivity index (χ1) is 24.8. The number of hydrogen-bond donors (Lipinski definition) is 4. The summed E-state index contributed by atoms with van der Waals surface area (Å²) < 4.78 is 6.01. The van der Waals surface area contributed by atoms with Crippen molar-refractivity contribution in [3.8, 4) is 0 Å². The average molecular weight is 723 g/mol. The number of aliphatic hydroxyl groups is 1. The van der Waals surface area contributed by atoms with Gasteiger partial charge in [-0.15, -0.1) is 0 Å². The number of esters is 1. The molecule has 298 valence electrons. The number of carboxylic acid groups (broad SMARTS) is 1. The fourth-order valence-electron chi connectivity index (χ4n) is 6.23. The molecule has 0 aliphatic rings. The number of aliphatic hydroxyl groups excluding tert-OH is 1. The van der Waals surface area contributed by atoms with E-state index < -0.39 is 24.5 Å². The van der Waals surface area contributed by atoms with Gasteiger partial charge < -0.3 is 25.6 Å². The molecule has 0 aromatic rings. The van der Waals surface area contributed by atoms with Crippen LogP contribution in [-0.2, 0) is 23.9 Å². The first-order valence-electron chi connectivity index (χ1n) is 21.1. The molecule has 4 N–H and O–H groups in total. The number of hydrogen-bond acceptors (Lipinski definition) is 6. The van der Waals surface area contributed by atoms with Gasteiger partial charge in [-0.1, -0.05) is 148 Å². The van der Waals surface area contributed by atoms with E-state index in [4.69, 9.17) is 14.9 Å². The van der Waals surface area contributed by atoms with Gasteiger partial charge >= 0.3 is 11.9 Å². The third kappa shape index (κ3) is 34.4. The molecule has 0 aromatic heterocycles. The summed E-state index contributed by atoms with van der Waals surface area (Å²) in [5.41, 5.74) is 0. The fourth-order valence-corrected chi connectivity index (χ4v) is 6.23. The third-order valence-electron chi connectivity index (χ3n) is 9.51. The van der Waals surface area contributed by atoms with E-state index in [0.29, 0.717) is 19.3 Å². The Labute approximate surface area is 311 Å². The molecule has 0 heterocycles. The normalized spacial score (nSPS) is 12.5. The SMILES string of the molecule is CCCC/C=C\CCCCCCCC(=O)OC(CCCCCCCCCCCCCC)CCCCCCCC(=O)NCC(=O)NC(CO)C(=O)O. The van der Waals surface area contributed by atoms with Gasteiger partial charge in [-0.2, -0.15) is 0 Å². The van der Waals surface area contributed by atoms with Gasteiger partial charge in [0.2, 0.25) is 11.8 Å². The van der Waals surface area contributed by atoms with Crippen molar-refractivity contribution in [2.75, 3.05) is 13.2 Å². The van der Waals surface area contributed by atoms with Crippen LogP contribution in [0.15, 0.2) is 12.2 Å². The van der Waals surface area contributed by atoms with Crippen molar-refractivity contribution in [3.05, 3.63) is 12.2 Å². The molecule has 2 unspecified atom stereocenters. The van der Waals surface area contributed by atoms with E-state index in [9.17, 15) is 19.2 Å². The van der Waals surface area contributed by atoms with Crippen molar-refractivity contribution in [2.24, 2.45) is 0 Å². The van der Waals surface area contributed by atoms with E-state index in [1.807, 2.05) is 0 Å². The maximum absolute atomic E-state index is 12.7. The number of rotatable bonds is 38. The Morgan fingerprint density at radius 2 is 1.02 bits per heavy atom. The molecule has 0 radical (unpaired) electrons. The average Bonchev–Trinajstić information content (AvgIpc) is 3.11. The number of carbonyl (C=O) groups excluding carboxylic acids is 3. The quantitative estimate of drug-likeness (QED) is 0.0282. The monoisotopic (exact) mass is 723 g/mol. The van der Waals surface area contributed by atoms with E-state index in [0.717, 1.165) is 64.2 Å². The molecule has 9 nitrogen and oxygen atoms in total. The number of amides is 2. The number of ether oxygens (including phenoxy) is 1. The minimum Gasteiger partial charge on any atom is -0.480 e. The summed E-state index contributed by atoms with van der Waals surface area (Å²) in [5.74, 6) is -2.29. The lowest BCUT2D eigenvalue weighted by Gasteiger charge is -2.18. The molecule has 0 spiro atoms. The Hall–Kier alpha value is -2.42. The van der Waals surface area contributed by atoms with E-state index in [2.05, 4.69) is 36.6 Å². The summed E-state index contributed by atoms with van der Waals surface area (Å²) in [6.45, 7) is 3.45. The molecule has 0 bridgehead atoms. The van der Waals surface area contributed by atoms with Crippen molar-refractivity contribution in [1.29, 1.82) is 0 Å². The number of carboxylic acids is 1. The highest BCUT2D eigenvalue weighted by molar-refractivity contribution is 5.87. The van der Waals surface area contributed by atoms with Crippen LogP contribution in [0.4, 0.5) is 0 Å². The van der Waals surface area contributed by atoms with Crippen LogP contribution >= 0.6 is 0 Å². The second-order valence-corrected chi connectivity index (χ2v) is 14.4. The molecular formula is C42H78N2O7. The summed E-state index contributed by atoms with van der Waals surface area (Å²) in [6.07, 6.45) is 38.0. The van der Waals surface area contributed by atoms with E-state index in [-0.39, 0.29) is 24.5 Å². The van der Waals surface area contributed by atoms with Crippen LogP contribution in [0.5, 0.6) is 0 Å². The molecule has 0 aliphatic carbocycles. The number of nitrogens with one attached hydrogen (secondary N) is 2. The van der Waals surface area contributed by atoms with Crippen LogP contribution in [0.2, 0.25) is 0 Å². The van der Waals surface area contributed by atoms with Crippen LogP contribution < -0.4 is 10.6 Å². The first-order valence-corrected chi connectivity index (χ1v) is 21.1. The summed E-state index contributed by atoms with van der Waals surface area (Å²) in [6, 6.07) is -1.38. The molecule has 51 heavy (non-hydrogen) atoms. The highest BCUT2D eigenvalue weighted by Gasteiger charge is 2.19. The van der Waals surface area contributed by atoms with Gasteiger partial charge in [-0.05, 0) is 57.8 Å². The van der Waals surface area contributed by atoms with Gasteiger partial charge in [-0.25, -0.2) is 4.79 Å². The Morgan fingerprint density at radius 1 is 0.569 bits per heavy atom. The smallest absolute Gasteiger partial charge is 0.328 e. The number of aliphatic carboxylic acids is 1. The molecule has 0 aliphatic heterocycles. The van der Waals surface area contributed by atoms with Crippen molar-refractivity contribution in [2.45, 2.75) is 219 Å². The van der Waals surface area contributed by atoms with Crippen molar-refractivity contribution in [3.63, 3.8) is 0 Å². The maximum Gasteiger partial charge on any atom is 0.328 e. The summed E-state index contributed by atoms with van der Waals surface area (Å²) in [7, 11) is 0. The minimum atomic E-state index is -1.38. The molecule has 0 rings (SSSR count). The van der Waals surface area contributed by atoms with Gasteiger partial charge in [0, 0.05) is 12.8 Å². The lowest BCUT2D eigenvalue weighted by Crippen LogP contribution is -2.47. The van der Waals surface area contributed by atoms with Crippen LogP contribution in [-0.4, -0.2) is 59.3 Å². The Bertz CT molecular complexity index is 879. The highest BCUT2D eigenvalue weighted by atomic mass is 16.5. The molecule has 9 heteroatoms. The first kappa shape index (κ1) is 48.6. The largest absolute Gasteiger partial charge is 0.480 e. The van der Waals surface area contributed by atoms with E-state index >= 15 is 0 Å². The summed E-state index contributed by atoms with van der Waals surface area (Å²) >= 11 is 0. The molecule has 0 saturated carbocycles. The topological polar surface area (TPSA) is 142 Å². The molecule has 2 amide bonds. The standard InChI is InChI=1S/C42H78N2O7/c1-3-5-7-9-11-13-15-17-18-20-23-27-31-37(51-41(48)34-30-26-21-19-16-14-12-10-8-6-4-2)32-28-24-22-25-29-33-39(46)43-35-40(47)44-38(36-45)42(49)50/h10,12,37-38,45H,3-9,11,13-36H2,1-2H3,(H,43,46)(H,44,47)(H,49,50)/b12-10-. The lowest BCUT2D eigenvalue weighted by atomic mass is 10.0. The second-order valence-electron chi connectivity index (χ2n) is 14.4. The lowest BCUT2D eigenvalue weighted by molar-refractivity contribution is -0.150. The van der Waals surface area contributed by atoms with Gasteiger partial charge in [0.15, 0.2) is 0 Å². The maximum atomic E-state index is 12.7. The number of carbonyl (C=O) groups is 4. The molecule has 0 aromatic carbocycles. The summed E-state index contributed by atoms with van der Waals surface area (Å²) in [5, 5.41) is 22.5. The predicted octanol–water partition coefficient (Wildman–Crippen LogP) is 9.88. The zero-order valence-corrected chi connectivity index (χ0v) is 32.9. The molecular weight excluding hydrogens is 644 g/mol. The Morgan fingerprint density at radius 3 is 1.53 bits per heavy atom. The fraction of sp³-hybridized carbons (Fsp3) is 0.857. The highest BCUT2D eigenvalue weighted by Crippen LogP contribution is 2.19. The third-order valence-corrected chi connectivity index (χ3v) is 9.51. The van der Waals surface area contributed by atoms with E-state index in [1.165, 1.54) is 109 Å². The van der Waals surface area contributed by atoms with Gasteiger partial charge in [0.1, 0.15) is 12.1 Å². The van der Waals surface area contributed by atoms with Gasteiger partial charge in [0.25, 0.3) is 0 Å². The second kappa shape index (κ2) is 37.3. The predicted molar refractivity (Wildman–Crippen MR) is 209 cm³/mol. The molecule has 0 saturated heterocycles. The Balaban J connectivity index is 4.30.